The maximum absolute atomic E-state index is 13.4. The van der Waals surface area contributed by atoms with Crippen molar-refractivity contribution in [1.29, 1.82) is 0 Å². The normalized spacial score (nSPS) is 18.9. The van der Waals surface area contributed by atoms with Gasteiger partial charge in [0.2, 0.25) is 0 Å². The average molecular weight is 457 g/mol. The third-order valence-corrected chi connectivity index (χ3v) is 5.69. The van der Waals surface area contributed by atoms with Crippen molar-refractivity contribution >= 4 is 23.3 Å². The largest absolute Gasteiger partial charge is 0.497 e. The number of nitrogens with zero attached hydrogens (tertiary/aromatic N) is 1. The number of carbonyl (C=O) groups excluding carboxylic acids is 2. The van der Waals surface area contributed by atoms with Gasteiger partial charge in [-0.3, -0.25) is 4.79 Å². The van der Waals surface area contributed by atoms with E-state index in [1.807, 2.05) is 20.9 Å². The molecule has 3 atom stereocenters. The molecule has 0 spiro atoms. The second kappa shape index (κ2) is 11.0. The van der Waals surface area contributed by atoms with Crippen molar-refractivity contribution in [1.82, 2.24) is 10.2 Å². The molecule has 4 N–H and O–H groups in total. The molecule has 2 aromatic carbocycles. The molecule has 2 aromatic rings. The minimum atomic E-state index is -0.467. The Morgan fingerprint density at radius 3 is 2.61 bits per heavy atom. The van der Waals surface area contributed by atoms with Crippen LogP contribution in [0, 0.1) is 5.92 Å². The van der Waals surface area contributed by atoms with Crippen LogP contribution in [-0.2, 0) is 0 Å². The Labute approximate surface area is 194 Å². The van der Waals surface area contributed by atoms with Gasteiger partial charge < -0.3 is 35.4 Å². The van der Waals surface area contributed by atoms with Crippen molar-refractivity contribution in [3.63, 3.8) is 0 Å². The Morgan fingerprint density at radius 1 is 1.24 bits per heavy atom. The van der Waals surface area contributed by atoms with E-state index in [4.69, 9.17) is 9.47 Å². The molecule has 0 bridgehead atoms. The lowest BCUT2D eigenvalue weighted by atomic mass is 9.99. The molecule has 3 amide bonds. The first-order valence-electron chi connectivity index (χ1n) is 11.0. The third-order valence-electron chi connectivity index (χ3n) is 5.69. The maximum Gasteiger partial charge on any atom is 0.323 e. The minimum Gasteiger partial charge on any atom is -0.497 e. The van der Waals surface area contributed by atoms with Gasteiger partial charge in [-0.15, -0.1) is 0 Å². The summed E-state index contributed by atoms with van der Waals surface area (Å²) in [4.78, 5) is 27.7. The van der Waals surface area contributed by atoms with Gasteiger partial charge in [-0.05, 0) is 50.4 Å². The van der Waals surface area contributed by atoms with E-state index in [0.29, 0.717) is 41.5 Å². The molecule has 0 unspecified atom stereocenters. The topological polar surface area (TPSA) is 112 Å². The summed E-state index contributed by atoms with van der Waals surface area (Å²) < 4.78 is 11.4. The number of ether oxygens (including phenoxy) is 2. The number of hydrogen-bond acceptors (Lipinski definition) is 6. The average Bonchev–Trinajstić information content (AvgIpc) is 2.81. The summed E-state index contributed by atoms with van der Waals surface area (Å²) in [5, 5.41) is 18.4. The van der Waals surface area contributed by atoms with Crippen LogP contribution in [0.2, 0.25) is 0 Å². The van der Waals surface area contributed by atoms with E-state index in [9.17, 15) is 14.7 Å². The van der Waals surface area contributed by atoms with Gasteiger partial charge in [0.1, 0.15) is 11.9 Å². The maximum atomic E-state index is 13.4. The van der Waals surface area contributed by atoms with Crippen molar-refractivity contribution in [3.8, 4) is 11.5 Å². The monoisotopic (exact) mass is 456 g/mol. The number of urea groups is 1. The molecule has 0 saturated carbocycles. The van der Waals surface area contributed by atoms with Crippen LogP contribution in [0.4, 0.5) is 16.2 Å². The van der Waals surface area contributed by atoms with Gasteiger partial charge in [0, 0.05) is 24.7 Å². The zero-order valence-corrected chi connectivity index (χ0v) is 19.4. The standard InChI is InChI=1S/C24H32N4O5/c1-15-13-28(16(2)14-29)23(30)19-6-5-7-20(22(19)33-21(15)12-25-3)27-24(31)26-17-8-10-18(32-4)11-9-17/h5-11,15-16,21,25,29H,12-14H2,1-4H3,(H2,26,27,31)/t15-,16+,21+/m1/s1. The predicted octanol–water partition coefficient (Wildman–Crippen LogP) is 2.78. The number of nitrogens with one attached hydrogen (secondary N) is 3. The van der Waals surface area contributed by atoms with Gasteiger partial charge in [0.05, 0.1) is 31.0 Å². The first kappa shape index (κ1) is 24.3. The zero-order valence-electron chi connectivity index (χ0n) is 19.4. The van der Waals surface area contributed by atoms with Crippen LogP contribution in [0.5, 0.6) is 11.5 Å². The Balaban J connectivity index is 1.91. The molecule has 0 saturated heterocycles. The number of methoxy groups -OCH3 is 1. The van der Waals surface area contributed by atoms with Gasteiger partial charge in [0.25, 0.3) is 5.91 Å². The molecule has 9 nitrogen and oxygen atoms in total. The summed E-state index contributed by atoms with van der Waals surface area (Å²) in [7, 11) is 3.41. The number of benzene rings is 2. The van der Waals surface area contributed by atoms with Crippen molar-refractivity contribution in [3.05, 3.63) is 48.0 Å². The van der Waals surface area contributed by atoms with Crippen LogP contribution in [-0.4, -0.2) is 67.9 Å². The van der Waals surface area contributed by atoms with E-state index < -0.39 is 6.03 Å². The summed E-state index contributed by atoms with van der Waals surface area (Å²) in [6.07, 6.45) is -0.247. The summed E-state index contributed by atoms with van der Waals surface area (Å²) in [6.45, 7) is 4.67. The number of rotatable bonds is 7. The van der Waals surface area contributed by atoms with Gasteiger partial charge in [0.15, 0.2) is 5.75 Å². The van der Waals surface area contributed by atoms with E-state index in [0.717, 1.165) is 0 Å². The Hall–Kier alpha value is -3.30. The van der Waals surface area contributed by atoms with Crippen LogP contribution in [0.3, 0.4) is 0 Å². The molecule has 0 aromatic heterocycles. The quantitative estimate of drug-likeness (QED) is 0.510. The van der Waals surface area contributed by atoms with Crippen molar-refractivity contribution in [2.45, 2.75) is 26.0 Å². The number of carbonyl (C=O) groups is 2. The summed E-state index contributed by atoms with van der Waals surface area (Å²) in [5.41, 5.74) is 1.32. The van der Waals surface area contributed by atoms with Crippen molar-refractivity contribution in [2.75, 3.05) is 44.5 Å². The van der Waals surface area contributed by atoms with Gasteiger partial charge in [-0.1, -0.05) is 13.0 Å². The van der Waals surface area contributed by atoms with Crippen molar-refractivity contribution in [2.24, 2.45) is 5.92 Å². The summed E-state index contributed by atoms with van der Waals surface area (Å²) in [6, 6.07) is 11.2. The summed E-state index contributed by atoms with van der Waals surface area (Å²) >= 11 is 0. The molecule has 0 radical (unpaired) electrons. The number of likely N-dealkylation sites (N-methyl/N-ethyl adjacent to an activating group) is 1. The highest BCUT2D eigenvalue weighted by molar-refractivity contribution is 6.04. The van der Waals surface area contributed by atoms with Crippen LogP contribution >= 0.6 is 0 Å². The van der Waals surface area contributed by atoms with Crippen LogP contribution in [0.1, 0.15) is 24.2 Å². The molecule has 1 heterocycles. The molecule has 0 aliphatic carbocycles. The fourth-order valence-corrected chi connectivity index (χ4v) is 3.75. The molecule has 1 aliphatic heterocycles. The van der Waals surface area contributed by atoms with Gasteiger partial charge in [-0.2, -0.15) is 0 Å². The molecule has 0 fully saturated rings. The fourth-order valence-electron chi connectivity index (χ4n) is 3.75. The third kappa shape index (κ3) is 5.74. The second-order valence-electron chi connectivity index (χ2n) is 8.17. The highest BCUT2D eigenvalue weighted by Crippen LogP contribution is 2.34. The highest BCUT2D eigenvalue weighted by Gasteiger charge is 2.33. The Bertz CT molecular complexity index is 966. The molecule has 1 aliphatic rings. The van der Waals surface area contributed by atoms with Crippen LogP contribution in [0.25, 0.3) is 0 Å². The minimum absolute atomic E-state index is 0.00951. The number of fused-ring (bicyclic) bond motifs is 1. The molecular formula is C24H32N4O5. The molecule has 3 rings (SSSR count). The second-order valence-corrected chi connectivity index (χ2v) is 8.17. The Morgan fingerprint density at radius 2 is 1.97 bits per heavy atom. The lowest BCUT2D eigenvalue weighted by molar-refractivity contribution is 0.0417. The number of aliphatic hydroxyl groups is 1. The van der Waals surface area contributed by atoms with Gasteiger partial charge >= 0.3 is 6.03 Å². The Kier molecular flexibility index (Phi) is 8.13. The predicted molar refractivity (Wildman–Crippen MR) is 127 cm³/mol. The van der Waals surface area contributed by atoms with Crippen LogP contribution in [0.15, 0.2) is 42.5 Å². The van der Waals surface area contributed by atoms with Crippen molar-refractivity contribution < 1.29 is 24.2 Å². The molecule has 178 valence electrons. The summed E-state index contributed by atoms with van der Waals surface area (Å²) in [5.74, 6) is 0.739. The van der Waals surface area contributed by atoms with E-state index in [-0.39, 0.29) is 30.6 Å². The lowest BCUT2D eigenvalue weighted by Gasteiger charge is -2.37. The van der Waals surface area contributed by atoms with E-state index in [1.54, 1.807) is 54.5 Å². The number of amides is 3. The smallest absolute Gasteiger partial charge is 0.323 e. The first-order valence-corrected chi connectivity index (χ1v) is 11.0. The highest BCUT2D eigenvalue weighted by atomic mass is 16.5. The zero-order chi connectivity index (χ0) is 24.0. The lowest BCUT2D eigenvalue weighted by Crippen LogP contribution is -2.49. The van der Waals surface area contributed by atoms with Gasteiger partial charge in [-0.25, -0.2) is 4.79 Å². The number of para-hydroxylation sites is 1. The fraction of sp³-hybridized carbons (Fsp3) is 0.417. The molecule has 9 heteroatoms. The van der Waals surface area contributed by atoms with Crippen LogP contribution < -0.4 is 25.4 Å². The molecule has 33 heavy (non-hydrogen) atoms. The number of hydrogen-bond donors (Lipinski definition) is 4. The number of aliphatic hydroxyl groups excluding tert-OH is 1. The van der Waals surface area contributed by atoms with E-state index in [2.05, 4.69) is 16.0 Å². The first-order chi connectivity index (χ1) is 15.9. The SMILES string of the molecule is CNC[C@@H]1Oc2c(NC(=O)Nc3ccc(OC)cc3)cccc2C(=O)N([C@@H](C)CO)C[C@H]1C. The number of anilines is 2. The van der Waals surface area contributed by atoms with E-state index >= 15 is 0 Å². The molecular weight excluding hydrogens is 424 g/mol. The van der Waals surface area contributed by atoms with E-state index in [1.165, 1.54) is 0 Å².